The van der Waals surface area contributed by atoms with Gasteiger partial charge < -0.3 is 15.5 Å². The molecule has 1 aliphatic heterocycles. The van der Waals surface area contributed by atoms with Crippen LogP contribution in [0.2, 0.25) is 0 Å². The molecule has 2 aliphatic rings. The lowest BCUT2D eigenvalue weighted by atomic mass is 9.96. The van der Waals surface area contributed by atoms with Crippen LogP contribution in [0.5, 0.6) is 0 Å². The fourth-order valence-electron chi connectivity index (χ4n) is 4.01. The standard InChI is InChI=1S/C19H29N3O3S/c1-2-22(18-12-13-26(24,25)14-18)17-10-8-16(9-11-17)21-19(23)20-15-6-4-3-5-7-15/h8-11,15,18H,2-7,12-14H2,1H3,(H2,20,21,23). The number of rotatable bonds is 5. The number of anilines is 2. The molecule has 6 nitrogen and oxygen atoms in total. The van der Waals surface area contributed by atoms with E-state index >= 15 is 0 Å². The number of sulfone groups is 1. The Kier molecular flexibility index (Phi) is 6.06. The van der Waals surface area contributed by atoms with Crippen molar-refractivity contribution in [2.45, 2.75) is 57.5 Å². The average molecular weight is 380 g/mol. The van der Waals surface area contributed by atoms with Gasteiger partial charge in [-0.3, -0.25) is 0 Å². The third kappa shape index (κ3) is 4.90. The van der Waals surface area contributed by atoms with E-state index < -0.39 is 9.84 Å². The van der Waals surface area contributed by atoms with E-state index in [4.69, 9.17) is 0 Å². The molecule has 2 amide bonds. The molecule has 1 atom stereocenters. The van der Waals surface area contributed by atoms with Gasteiger partial charge in [0.25, 0.3) is 0 Å². The van der Waals surface area contributed by atoms with Gasteiger partial charge in [-0.15, -0.1) is 0 Å². The zero-order chi connectivity index (χ0) is 18.6. The van der Waals surface area contributed by atoms with Crippen molar-refractivity contribution >= 4 is 27.2 Å². The van der Waals surface area contributed by atoms with Crippen molar-refractivity contribution in [3.05, 3.63) is 24.3 Å². The maximum Gasteiger partial charge on any atom is 0.319 e. The largest absolute Gasteiger partial charge is 0.368 e. The first-order valence-corrected chi connectivity index (χ1v) is 11.4. The monoisotopic (exact) mass is 379 g/mol. The second-order valence-corrected chi connectivity index (χ2v) is 9.55. The normalized spacial score (nSPS) is 22.7. The number of hydrogen-bond donors (Lipinski definition) is 2. The van der Waals surface area contributed by atoms with Crippen LogP contribution in [-0.2, 0) is 9.84 Å². The van der Waals surface area contributed by atoms with E-state index in [1.54, 1.807) is 0 Å². The Morgan fingerprint density at radius 2 is 1.81 bits per heavy atom. The molecule has 1 aromatic carbocycles. The fourth-order valence-corrected chi connectivity index (χ4v) is 5.74. The molecule has 0 spiro atoms. The van der Waals surface area contributed by atoms with Gasteiger partial charge in [-0.2, -0.15) is 0 Å². The van der Waals surface area contributed by atoms with Crippen molar-refractivity contribution in [1.29, 1.82) is 0 Å². The molecule has 2 N–H and O–H groups in total. The van der Waals surface area contributed by atoms with Gasteiger partial charge >= 0.3 is 6.03 Å². The highest BCUT2D eigenvalue weighted by Crippen LogP contribution is 2.25. The molecule has 1 saturated carbocycles. The summed E-state index contributed by atoms with van der Waals surface area (Å²) in [5.74, 6) is 0.500. The van der Waals surface area contributed by atoms with Crippen molar-refractivity contribution in [1.82, 2.24) is 5.32 Å². The van der Waals surface area contributed by atoms with E-state index in [1.807, 2.05) is 31.2 Å². The number of urea groups is 1. The van der Waals surface area contributed by atoms with Gasteiger partial charge in [-0.25, -0.2) is 13.2 Å². The minimum absolute atomic E-state index is 0.0402. The molecule has 144 valence electrons. The first kappa shape index (κ1) is 19.0. The molecule has 1 aliphatic carbocycles. The Morgan fingerprint density at radius 1 is 1.12 bits per heavy atom. The molecule has 1 aromatic rings. The molecule has 1 heterocycles. The third-order valence-corrected chi connectivity index (χ3v) is 7.14. The summed E-state index contributed by atoms with van der Waals surface area (Å²) in [5, 5.41) is 5.93. The number of amides is 2. The average Bonchev–Trinajstić information content (AvgIpc) is 2.97. The number of hydrogen-bond acceptors (Lipinski definition) is 4. The van der Waals surface area contributed by atoms with Crippen molar-refractivity contribution in [3.63, 3.8) is 0 Å². The van der Waals surface area contributed by atoms with Gasteiger partial charge in [-0.05, 0) is 50.5 Å². The molecule has 2 fully saturated rings. The second kappa shape index (κ2) is 8.29. The van der Waals surface area contributed by atoms with Crippen LogP contribution in [0, 0.1) is 0 Å². The number of nitrogens with one attached hydrogen (secondary N) is 2. The van der Waals surface area contributed by atoms with E-state index in [-0.39, 0.29) is 29.6 Å². The van der Waals surface area contributed by atoms with Crippen LogP contribution in [0.4, 0.5) is 16.2 Å². The van der Waals surface area contributed by atoms with Crippen molar-refractivity contribution in [3.8, 4) is 0 Å². The van der Waals surface area contributed by atoms with Gasteiger partial charge in [0, 0.05) is 30.0 Å². The lowest BCUT2D eigenvalue weighted by Gasteiger charge is -2.29. The number of benzene rings is 1. The molecular weight excluding hydrogens is 350 g/mol. The van der Waals surface area contributed by atoms with E-state index in [0.717, 1.165) is 30.8 Å². The highest BCUT2D eigenvalue weighted by Gasteiger charge is 2.31. The molecule has 0 radical (unpaired) electrons. The zero-order valence-corrected chi connectivity index (χ0v) is 16.2. The lowest BCUT2D eigenvalue weighted by Crippen LogP contribution is -2.39. The minimum atomic E-state index is -2.90. The van der Waals surface area contributed by atoms with Crippen LogP contribution in [-0.4, -0.2) is 44.6 Å². The summed E-state index contributed by atoms with van der Waals surface area (Å²) in [6.07, 6.45) is 6.43. The van der Waals surface area contributed by atoms with Crippen LogP contribution >= 0.6 is 0 Å². The molecule has 1 unspecified atom stereocenters. The molecule has 3 rings (SSSR count). The van der Waals surface area contributed by atoms with Crippen molar-refractivity contribution < 1.29 is 13.2 Å². The summed E-state index contributed by atoms with van der Waals surface area (Å²) in [7, 11) is -2.90. The molecule has 7 heteroatoms. The van der Waals surface area contributed by atoms with Crippen LogP contribution < -0.4 is 15.5 Å². The SMILES string of the molecule is CCN(c1ccc(NC(=O)NC2CCCCC2)cc1)C1CCS(=O)(=O)C1. The first-order chi connectivity index (χ1) is 12.5. The smallest absolute Gasteiger partial charge is 0.319 e. The fraction of sp³-hybridized carbons (Fsp3) is 0.632. The van der Waals surface area contributed by atoms with Crippen LogP contribution in [0.15, 0.2) is 24.3 Å². The first-order valence-electron chi connectivity index (χ1n) is 9.61. The molecular formula is C19H29N3O3S. The molecule has 0 bridgehead atoms. The number of nitrogens with zero attached hydrogens (tertiary/aromatic N) is 1. The van der Waals surface area contributed by atoms with Gasteiger partial charge in [-0.1, -0.05) is 19.3 Å². The van der Waals surface area contributed by atoms with Gasteiger partial charge in [0.05, 0.1) is 11.5 Å². The summed E-state index contributed by atoms with van der Waals surface area (Å²) in [6.45, 7) is 2.80. The van der Waals surface area contributed by atoms with Gasteiger partial charge in [0.2, 0.25) is 0 Å². The zero-order valence-electron chi connectivity index (χ0n) is 15.4. The summed E-state index contributed by atoms with van der Waals surface area (Å²) in [5.41, 5.74) is 1.74. The Hall–Kier alpha value is -1.76. The summed E-state index contributed by atoms with van der Waals surface area (Å²) < 4.78 is 23.5. The highest BCUT2D eigenvalue weighted by atomic mass is 32.2. The van der Waals surface area contributed by atoms with Crippen LogP contribution in [0.25, 0.3) is 0 Å². The van der Waals surface area contributed by atoms with Crippen molar-refractivity contribution in [2.24, 2.45) is 0 Å². The van der Waals surface area contributed by atoms with Crippen molar-refractivity contribution in [2.75, 3.05) is 28.3 Å². The Balaban J connectivity index is 1.57. The second-order valence-electron chi connectivity index (χ2n) is 7.32. The minimum Gasteiger partial charge on any atom is -0.368 e. The van der Waals surface area contributed by atoms with Crippen LogP contribution in [0.1, 0.15) is 45.4 Å². The Bertz CT molecular complexity index is 712. The predicted octanol–water partition coefficient (Wildman–Crippen LogP) is 3.15. The van der Waals surface area contributed by atoms with Gasteiger partial charge in [0.1, 0.15) is 0 Å². The van der Waals surface area contributed by atoms with Gasteiger partial charge in [0.15, 0.2) is 9.84 Å². The Morgan fingerprint density at radius 3 is 2.38 bits per heavy atom. The summed E-state index contributed by atoms with van der Waals surface area (Å²) in [6, 6.07) is 7.82. The van der Waals surface area contributed by atoms with E-state index in [1.165, 1.54) is 19.3 Å². The molecule has 1 saturated heterocycles. The topological polar surface area (TPSA) is 78.5 Å². The summed E-state index contributed by atoms with van der Waals surface area (Å²) in [4.78, 5) is 14.3. The molecule has 0 aromatic heterocycles. The highest BCUT2D eigenvalue weighted by molar-refractivity contribution is 7.91. The number of carbonyl (C=O) groups is 1. The van der Waals surface area contributed by atoms with E-state index in [2.05, 4.69) is 15.5 Å². The molecule has 26 heavy (non-hydrogen) atoms. The maximum absolute atomic E-state index is 12.1. The quantitative estimate of drug-likeness (QED) is 0.824. The predicted molar refractivity (Wildman–Crippen MR) is 106 cm³/mol. The van der Waals surface area contributed by atoms with E-state index in [0.29, 0.717) is 6.42 Å². The van der Waals surface area contributed by atoms with Crippen LogP contribution in [0.3, 0.4) is 0 Å². The van der Waals surface area contributed by atoms with E-state index in [9.17, 15) is 13.2 Å². The summed E-state index contributed by atoms with van der Waals surface area (Å²) >= 11 is 0. The maximum atomic E-state index is 12.1. The lowest BCUT2D eigenvalue weighted by molar-refractivity contribution is 0.244. The number of carbonyl (C=O) groups excluding carboxylic acids is 1. The third-order valence-electron chi connectivity index (χ3n) is 5.39. The Labute approximate surface area is 156 Å².